The molecule has 0 saturated carbocycles. The molecule has 0 aliphatic carbocycles. The first kappa shape index (κ1) is 17.6. The van der Waals surface area contributed by atoms with Crippen LogP contribution >= 0.6 is 11.3 Å². The number of benzene rings is 3. The molecule has 0 fully saturated rings. The summed E-state index contributed by atoms with van der Waals surface area (Å²) in [4.78, 5) is 22.7. The largest absolute Gasteiger partial charge is 0.309 e. The van der Waals surface area contributed by atoms with Crippen molar-refractivity contribution >= 4 is 21.6 Å². The van der Waals surface area contributed by atoms with Gasteiger partial charge < -0.3 is 4.98 Å². The van der Waals surface area contributed by atoms with Crippen LogP contribution in [0.25, 0.3) is 20.7 Å². The van der Waals surface area contributed by atoms with Gasteiger partial charge in [0.2, 0.25) is 0 Å². The van der Waals surface area contributed by atoms with Crippen LogP contribution in [0.5, 0.6) is 0 Å². The van der Waals surface area contributed by atoms with Crippen molar-refractivity contribution in [2.45, 2.75) is 5.92 Å². The lowest BCUT2D eigenvalue weighted by atomic mass is 9.90. The predicted octanol–water partition coefficient (Wildman–Crippen LogP) is 5.83. The number of hydrogen-bond donors (Lipinski definition) is 1. The first-order chi connectivity index (χ1) is 14.3. The van der Waals surface area contributed by atoms with E-state index in [2.05, 4.69) is 41.4 Å². The maximum Gasteiger partial charge on any atom is 0.259 e. The van der Waals surface area contributed by atoms with Crippen LogP contribution in [0.3, 0.4) is 0 Å². The molecule has 140 valence electrons. The summed E-state index contributed by atoms with van der Waals surface area (Å²) in [7, 11) is 0. The molecule has 2 aromatic heterocycles. The number of aromatic nitrogens is 2. The van der Waals surface area contributed by atoms with Gasteiger partial charge in [0.1, 0.15) is 10.7 Å². The highest BCUT2D eigenvalue weighted by molar-refractivity contribution is 7.21. The second-order valence-electron chi connectivity index (χ2n) is 6.90. The molecule has 5 aromatic rings. The van der Waals surface area contributed by atoms with Crippen LogP contribution in [-0.4, -0.2) is 9.97 Å². The average molecular weight is 394 g/mol. The van der Waals surface area contributed by atoms with Gasteiger partial charge >= 0.3 is 0 Å². The molecule has 0 aliphatic heterocycles. The average Bonchev–Trinajstić information content (AvgIpc) is 3.21. The van der Waals surface area contributed by atoms with E-state index in [-0.39, 0.29) is 11.5 Å². The minimum atomic E-state index is -0.128. The summed E-state index contributed by atoms with van der Waals surface area (Å²) in [5.74, 6) is 0.540. The summed E-state index contributed by atoms with van der Waals surface area (Å²) in [6.07, 6.45) is 0. The van der Waals surface area contributed by atoms with Gasteiger partial charge in [-0.2, -0.15) is 0 Å². The third kappa shape index (κ3) is 3.39. The van der Waals surface area contributed by atoms with Crippen molar-refractivity contribution in [3.05, 3.63) is 124 Å². The van der Waals surface area contributed by atoms with Crippen molar-refractivity contribution in [1.82, 2.24) is 9.97 Å². The highest BCUT2D eigenvalue weighted by Gasteiger charge is 2.21. The van der Waals surface area contributed by atoms with Gasteiger partial charge in [-0.3, -0.25) is 4.79 Å². The van der Waals surface area contributed by atoms with E-state index in [0.29, 0.717) is 11.2 Å². The first-order valence-corrected chi connectivity index (χ1v) is 10.3. The van der Waals surface area contributed by atoms with Gasteiger partial charge in [0.15, 0.2) is 0 Å². The van der Waals surface area contributed by atoms with Crippen molar-refractivity contribution < 1.29 is 0 Å². The van der Waals surface area contributed by atoms with Crippen LogP contribution in [0.1, 0.15) is 22.9 Å². The second-order valence-corrected chi connectivity index (χ2v) is 7.93. The van der Waals surface area contributed by atoms with E-state index in [4.69, 9.17) is 4.98 Å². The molecule has 3 nitrogen and oxygen atoms in total. The Morgan fingerprint density at radius 1 is 0.759 bits per heavy atom. The van der Waals surface area contributed by atoms with Crippen LogP contribution in [-0.2, 0) is 0 Å². The van der Waals surface area contributed by atoms with E-state index in [9.17, 15) is 4.79 Å². The molecule has 0 atom stereocenters. The summed E-state index contributed by atoms with van der Waals surface area (Å²) in [6, 6.07) is 32.4. The normalized spacial score (nSPS) is 11.2. The number of nitrogens with zero attached hydrogens (tertiary/aromatic N) is 1. The smallest absolute Gasteiger partial charge is 0.259 e. The highest BCUT2D eigenvalue weighted by atomic mass is 32.1. The molecule has 0 amide bonds. The maximum atomic E-state index is 12.9. The zero-order valence-electron chi connectivity index (χ0n) is 15.6. The minimum absolute atomic E-state index is 0.0970. The van der Waals surface area contributed by atoms with Gasteiger partial charge in [-0.1, -0.05) is 91.0 Å². The van der Waals surface area contributed by atoms with Crippen LogP contribution in [0.15, 0.2) is 102 Å². The Hall–Kier alpha value is -3.50. The van der Waals surface area contributed by atoms with E-state index in [1.54, 1.807) is 11.3 Å². The van der Waals surface area contributed by atoms with E-state index < -0.39 is 0 Å². The third-order valence-corrected chi connectivity index (χ3v) is 6.10. The standard InChI is InChI=1S/C25H18N2OS/c28-24-20-16-21(17-10-4-1-5-11-17)29-25(20)27-23(26-24)22(18-12-6-2-7-13-18)19-14-8-3-9-15-19/h1-16,22H,(H,26,27,28). The molecule has 2 heterocycles. The summed E-state index contributed by atoms with van der Waals surface area (Å²) < 4.78 is 0. The van der Waals surface area contributed by atoms with Crippen molar-refractivity contribution in [3.63, 3.8) is 0 Å². The fourth-order valence-corrected chi connectivity index (χ4v) is 4.67. The maximum absolute atomic E-state index is 12.9. The molecule has 29 heavy (non-hydrogen) atoms. The lowest BCUT2D eigenvalue weighted by Gasteiger charge is -2.17. The molecular weight excluding hydrogens is 376 g/mol. The van der Waals surface area contributed by atoms with Gasteiger partial charge in [0, 0.05) is 4.88 Å². The number of fused-ring (bicyclic) bond motifs is 1. The molecule has 3 aromatic carbocycles. The Kier molecular flexibility index (Phi) is 4.54. The summed E-state index contributed by atoms with van der Waals surface area (Å²) in [5, 5.41) is 0.637. The molecule has 0 bridgehead atoms. The van der Waals surface area contributed by atoms with Crippen molar-refractivity contribution in [2.75, 3.05) is 0 Å². The van der Waals surface area contributed by atoms with Crippen LogP contribution in [0.2, 0.25) is 0 Å². The second kappa shape index (κ2) is 7.49. The van der Waals surface area contributed by atoms with E-state index in [1.165, 1.54) is 0 Å². The molecule has 5 rings (SSSR count). The number of thiophene rings is 1. The fourth-order valence-electron chi connectivity index (χ4n) is 3.63. The van der Waals surface area contributed by atoms with Crippen molar-refractivity contribution in [1.29, 1.82) is 0 Å². The van der Waals surface area contributed by atoms with Gasteiger partial charge in [0.25, 0.3) is 5.56 Å². The minimum Gasteiger partial charge on any atom is -0.309 e. The third-order valence-electron chi connectivity index (χ3n) is 5.02. The number of hydrogen-bond acceptors (Lipinski definition) is 3. The van der Waals surface area contributed by atoms with Crippen molar-refractivity contribution in [3.8, 4) is 10.4 Å². The van der Waals surface area contributed by atoms with Gasteiger partial charge in [0.05, 0.1) is 11.3 Å². The van der Waals surface area contributed by atoms with Crippen molar-refractivity contribution in [2.24, 2.45) is 0 Å². The Morgan fingerprint density at radius 3 is 1.90 bits per heavy atom. The Balaban J connectivity index is 1.69. The summed E-state index contributed by atoms with van der Waals surface area (Å²) in [5.41, 5.74) is 3.20. The topological polar surface area (TPSA) is 45.8 Å². The number of aromatic amines is 1. The summed E-state index contributed by atoms with van der Waals surface area (Å²) in [6.45, 7) is 0. The number of H-pyrrole nitrogens is 1. The Morgan fingerprint density at radius 2 is 1.31 bits per heavy atom. The predicted molar refractivity (Wildman–Crippen MR) is 120 cm³/mol. The SMILES string of the molecule is O=c1[nH]c(C(c2ccccc2)c2ccccc2)nc2sc(-c3ccccc3)cc12. The molecule has 0 spiro atoms. The first-order valence-electron chi connectivity index (χ1n) is 9.49. The molecule has 1 N–H and O–H groups in total. The highest BCUT2D eigenvalue weighted by Crippen LogP contribution is 2.33. The number of rotatable bonds is 4. The zero-order chi connectivity index (χ0) is 19.6. The van der Waals surface area contributed by atoms with E-state index >= 15 is 0 Å². The lowest BCUT2D eigenvalue weighted by Crippen LogP contribution is -2.15. The van der Waals surface area contributed by atoms with Crippen LogP contribution < -0.4 is 5.56 Å². The fraction of sp³-hybridized carbons (Fsp3) is 0.0400. The molecule has 4 heteroatoms. The molecular formula is C25H18N2OS. The van der Waals surface area contributed by atoms with E-state index in [0.717, 1.165) is 26.4 Å². The monoisotopic (exact) mass is 394 g/mol. The lowest BCUT2D eigenvalue weighted by molar-refractivity contribution is 0.860. The van der Waals surface area contributed by atoms with Gasteiger partial charge in [-0.15, -0.1) is 11.3 Å². The molecule has 0 radical (unpaired) electrons. The Bertz CT molecular complexity index is 1270. The Labute approximate surface area is 172 Å². The molecule has 0 aliphatic rings. The zero-order valence-corrected chi connectivity index (χ0v) is 16.4. The van der Waals surface area contributed by atoms with Crippen LogP contribution in [0, 0.1) is 0 Å². The van der Waals surface area contributed by atoms with Gasteiger partial charge in [-0.05, 0) is 22.8 Å². The van der Waals surface area contributed by atoms with Crippen LogP contribution in [0.4, 0.5) is 0 Å². The quantitative estimate of drug-likeness (QED) is 0.417. The van der Waals surface area contributed by atoms with E-state index in [1.807, 2.05) is 60.7 Å². The molecule has 0 saturated heterocycles. The van der Waals surface area contributed by atoms with Gasteiger partial charge in [-0.25, -0.2) is 4.98 Å². The number of nitrogens with one attached hydrogen (secondary N) is 1. The molecule has 0 unspecified atom stereocenters. The summed E-state index contributed by atoms with van der Waals surface area (Å²) >= 11 is 1.56.